The Morgan fingerprint density at radius 3 is 2.54 bits per heavy atom. The summed E-state index contributed by atoms with van der Waals surface area (Å²) in [5.41, 5.74) is -0.165. The number of nitrogens with one attached hydrogen (secondary N) is 1. The van der Waals surface area contributed by atoms with Crippen molar-refractivity contribution in [1.29, 1.82) is 5.26 Å². The second-order valence-corrected chi connectivity index (χ2v) is 10.6. The monoisotopic (exact) mass is 494 g/mol. The highest BCUT2D eigenvalue weighted by molar-refractivity contribution is 5.79. The molecule has 0 radical (unpaired) electrons. The Morgan fingerprint density at radius 2 is 1.91 bits per heavy atom. The summed E-state index contributed by atoms with van der Waals surface area (Å²) in [6.45, 7) is 9.32. The lowest BCUT2D eigenvalue weighted by Gasteiger charge is -2.41. The van der Waals surface area contributed by atoms with Gasteiger partial charge in [0.15, 0.2) is 5.79 Å². The van der Waals surface area contributed by atoms with Crippen molar-refractivity contribution >= 4 is 11.9 Å². The molecule has 0 aliphatic carbocycles. The van der Waals surface area contributed by atoms with Crippen LogP contribution in [-0.2, 0) is 33.3 Å². The Morgan fingerprint density at radius 1 is 1.17 bits per heavy atom. The van der Waals surface area contributed by atoms with E-state index in [-0.39, 0.29) is 36.2 Å². The standard InChI is InChI=1S/C24H38N4O7/c1-23(2)32-15-18(35-23)20-17(33-22(34-20)21(30)31-4)14-27-10-7-24(3,8-11-27)26-13-19(29)28-9-5-6-16(28)12-25/h16-18,20,22,26H,5-11,13-15H2,1-4H3/t16-,17?,18-,20+,22?/m0/s1. The number of carbonyl (C=O) groups is 2. The molecule has 0 bridgehead atoms. The van der Waals surface area contributed by atoms with Crippen LogP contribution in [0.5, 0.6) is 0 Å². The minimum atomic E-state index is -1.08. The highest BCUT2D eigenvalue weighted by Crippen LogP contribution is 2.33. The quantitative estimate of drug-likeness (QED) is 0.497. The fourth-order valence-corrected chi connectivity index (χ4v) is 5.31. The SMILES string of the molecule is COC(=O)C1OC(CN2CCC(C)(NCC(=O)N3CCC[C@H]3C#N)CC2)[C@H]([C@@H]2COC(C)(C)O2)O1. The van der Waals surface area contributed by atoms with Crippen LogP contribution in [0.2, 0.25) is 0 Å². The number of nitrogens with zero attached hydrogens (tertiary/aromatic N) is 3. The van der Waals surface area contributed by atoms with Gasteiger partial charge in [0.25, 0.3) is 6.29 Å². The summed E-state index contributed by atoms with van der Waals surface area (Å²) in [5, 5.41) is 12.7. The predicted molar refractivity (Wildman–Crippen MR) is 123 cm³/mol. The van der Waals surface area contributed by atoms with Gasteiger partial charge in [-0.3, -0.25) is 4.79 Å². The molecule has 4 fully saturated rings. The van der Waals surface area contributed by atoms with Crippen LogP contribution in [0.15, 0.2) is 0 Å². The van der Waals surface area contributed by atoms with Gasteiger partial charge in [0.05, 0.1) is 26.3 Å². The third kappa shape index (κ3) is 6.13. The Labute approximate surface area is 206 Å². The van der Waals surface area contributed by atoms with Gasteiger partial charge in [0.2, 0.25) is 5.91 Å². The number of nitriles is 1. The molecule has 4 heterocycles. The van der Waals surface area contributed by atoms with E-state index in [4.69, 9.17) is 23.7 Å². The van der Waals surface area contributed by atoms with Gasteiger partial charge in [0, 0.05) is 18.6 Å². The molecule has 11 heteroatoms. The number of hydrogen-bond donors (Lipinski definition) is 1. The zero-order valence-electron chi connectivity index (χ0n) is 21.2. The lowest BCUT2D eigenvalue weighted by Crippen LogP contribution is -2.55. The highest BCUT2D eigenvalue weighted by Gasteiger charge is 2.49. The van der Waals surface area contributed by atoms with E-state index in [1.165, 1.54) is 7.11 Å². The fraction of sp³-hybridized carbons (Fsp3) is 0.875. The van der Waals surface area contributed by atoms with Gasteiger partial charge in [-0.1, -0.05) is 0 Å². The molecule has 0 spiro atoms. The molecule has 4 saturated heterocycles. The fourth-order valence-electron chi connectivity index (χ4n) is 5.31. The van der Waals surface area contributed by atoms with Gasteiger partial charge < -0.3 is 38.8 Å². The minimum absolute atomic E-state index is 0.00684. The molecule has 4 rings (SSSR count). The van der Waals surface area contributed by atoms with Crippen molar-refractivity contribution in [2.75, 3.05) is 46.4 Å². The number of rotatable bonds is 7. The van der Waals surface area contributed by atoms with E-state index in [0.717, 1.165) is 38.8 Å². The van der Waals surface area contributed by atoms with E-state index in [0.29, 0.717) is 19.7 Å². The van der Waals surface area contributed by atoms with Gasteiger partial charge in [-0.15, -0.1) is 0 Å². The lowest BCUT2D eigenvalue weighted by atomic mass is 9.89. The van der Waals surface area contributed by atoms with E-state index in [9.17, 15) is 14.9 Å². The van der Waals surface area contributed by atoms with Gasteiger partial charge in [-0.05, 0) is 59.5 Å². The molecule has 11 nitrogen and oxygen atoms in total. The van der Waals surface area contributed by atoms with Crippen LogP contribution in [0, 0.1) is 11.3 Å². The third-order valence-corrected chi connectivity index (χ3v) is 7.52. The zero-order chi connectivity index (χ0) is 25.2. The summed E-state index contributed by atoms with van der Waals surface area (Å²) in [6, 6.07) is 1.93. The average Bonchev–Trinajstić information content (AvgIpc) is 3.56. The van der Waals surface area contributed by atoms with Crippen LogP contribution in [-0.4, -0.2) is 110 Å². The molecule has 0 saturated carbocycles. The molecular formula is C24H38N4O7. The number of hydrogen-bond acceptors (Lipinski definition) is 10. The van der Waals surface area contributed by atoms with E-state index >= 15 is 0 Å². The van der Waals surface area contributed by atoms with Crippen molar-refractivity contribution < 1.29 is 33.3 Å². The maximum Gasteiger partial charge on any atom is 0.363 e. The molecule has 2 unspecified atom stereocenters. The van der Waals surface area contributed by atoms with E-state index in [1.807, 2.05) is 13.8 Å². The Kier molecular flexibility index (Phi) is 8.00. The van der Waals surface area contributed by atoms with E-state index < -0.39 is 24.2 Å². The molecule has 1 amide bonds. The molecular weight excluding hydrogens is 456 g/mol. The molecule has 0 aromatic rings. The largest absolute Gasteiger partial charge is 0.465 e. The van der Waals surface area contributed by atoms with Gasteiger partial charge in [-0.2, -0.15) is 5.26 Å². The Hall–Kier alpha value is -1.81. The maximum absolute atomic E-state index is 12.6. The molecule has 4 aliphatic rings. The summed E-state index contributed by atoms with van der Waals surface area (Å²) >= 11 is 0. The van der Waals surface area contributed by atoms with E-state index in [2.05, 4.69) is 23.2 Å². The minimum Gasteiger partial charge on any atom is -0.465 e. The molecule has 0 aromatic carbocycles. The highest BCUT2D eigenvalue weighted by atomic mass is 16.8. The van der Waals surface area contributed by atoms with Gasteiger partial charge in [0.1, 0.15) is 24.4 Å². The van der Waals surface area contributed by atoms with Crippen LogP contribution in [0.1, 0.15) is 46.5 Å². The van der Waals surface area contributed by atoms with Crippen molar-refractivity contribution in [3.8, 4) is 6.07 Å². The van der Waals surface area contributed by atoms with Crippen molar-refractivity contribution in [1.82, 2.24) is 15.1 Å². The molecule has 5 atom stereocenters. The second kappa shape index (κ2) is 10.7. The van der Waals surface area contributed by atoms with Crippen molar-refractivity contribution in [2.24, 2.45) is 0 Å². The lowest BCUT2D eigenvalue weighted by molar-refractivity contribution is -0.178. The third-order valence-electron chi connectivity index (χ3n) is 7.52. The second-order valence-electron chi connectivity index (χ2n) is 10.6. The summed E-state index contributed by atoms with van der Waals surface area (Å²) in [4.78, 5) is 28.7. The van der Waals surface area contributed by atoms with Crippen LogP contribution < -0.4 is 5.32 Å². The number of carbonyl (C=O) groups excluding carboxylic acids is 2. The normalized spacial score (nSPS) is 34.6. The van der Waals surface area contributed by atoms with Crippen LogP contribution in [0.25, 0.3) is 0 Å². The first-order valence-corrected chi connectivity index (χ1v) is 12.5. The first kappa shape index (κ1) is 26.3. The Bertz CT molecular complexity index is 823. The Balaban J connectivity index is 1.29. The van der Waals surface area contributed by atoms with Crippen LogP contribution >= 0.6 is 0 Å². The zero-order valence-corrected chi connectivity index (χ0v) is 21.2. The summed E-state index contributed by atoms with van der Waals surface area (Å²) in [7, 11) is 1.31. The molecule has 4 aliphatic heterocycles. The topological polar surface area (TPSA) is 123 Å². The summed E-state index contributed by atoms with van der Waals surface area (Å²) in [6.07, 6.45) is 1.14. The van der Waals surface area contributed by atoms with Gasteiger partial charge >= 0.3 is 5.97 Å². The smallest absolute Gasteiger partial charge is 0.363 e. The summed E-state index contributed by atoms with van der Waals surface area (Å²) in [5.74, 6) is -1.28. The number of ether oxygens (including phenoxy) is 5. The van der Waals surface area contributed by atoms with Crippen molar-refractivity contribution in [3.05, 3.63) is 0 Å². The number of esters is 1. The molecule has 196 valence electrons. The predicted octanol–water partition coefficient (Wildman–Crippen LogP) is 0.380. The first-order chi connectivity index (χ1) is 16.6. The average molecular weight is 495 g/mol. The summed E-state index contributed by atoms with van der Waals surface area (Å²) < 4.78 is 28.4. The van der Waals surface area contributed by atoms with Gasteiger partial charge in [-0.25, -0.2) is 4.79 Å². The first-order valence-electron chi connectivity index (χ1n) is 12.5. The van der Waals surface area contributed by atoms with Crippen LogP contribution in [0.4, 0.5) is 0 Å². The van der Waals surface area contributed by atoms with E-state index in [1.54, 1.807) is 4.90 Å². The molecule has 0 aromatic heterocycles. The van der Waals surface area contributed by atoms with Crippen LogP contribution in [0.3, 0.4) is 0 Å². The number of likely N-dealkylation sites (tertiary alicyclic amines) is 2. The maximum atomic E-state index is 12.6. The number of piperidine rings is 1. The van der Waals surface area contributed by atoms with Crippen molar-refractivity contribution in [3.63, 3.8) is 0 Å². The molecule has 35 heavy (non-hydrogen) atoms. The number of methoxy groups -OCH3 is 1. The molecule has 1 N–H and O–H groups in total. The van der Waals surface area contributed by atoms with Crippen molar-refractivity contribution in [2.45, 2.75) is 88.4 Å². The number of amides is 1.